The third-order valence-corrected chi connectivity index (χ3v) is 6.37. The number of methoxy groups -OCH3 is 1. The van der Waals surface area contributed by atoms with Gasteiger partial charge in [0.2, 0.25) is 0 Å². The lowest BCUT2D eigenvalue weighted by atomic mass is 9.76. The summed E-state index contributed by atoms with van der Waals surface area (Å²) in [5.74, 6) is 1.67. The molecule has 0 aromatic heterocycles. The third kappa shape index (κ3) is 3.92. The third-order valence-electron chi connectivity index (χ3n) is 3.94. The van der Waals surface area contributed by atoms with E-state index in [1.54, 1.807) is 7.11 Å². The van der Waals surface area contributed by atoms with Crippen LogP contribution in [0.2, 0.25) is 0 Å². The first-order chi connectivity index (χ1) is 9.60. The number of alkyl halides is 1. The second-order valence-corrected chi connectivity index (χ2v) is 7.67. The van der Waals surface area contributed by atoms with Gasteiger partial charge in [0, 0.05) is 10.7 Å². The molecule has 1 aliphatic rings. The predicted molar refractivity (Wildman–Crippen MR) is 93.2 cm³/mol. The Morgan fingerprint density at radius 1 is 1.05 bits per heavy atom. The Morgan fingerprint density at radius 2 is 1.65 bits per heavy atom. The normalized spacial score (nSPS) is 17.8. The molecule has 0 saturated heterocycles. The predicted octanol–water partition coefficient (Wildman–Crippen LogP) is 5.94. The van der Waals surface area contributed by atoms with Crippen molar-refractivity contribution in [1.29, 1.82) is 0 Å². The Bertz CT molecular complexity index is 457. The Balaban J connectivity index is 2.08. The van der Waals surface area contributed by atoms with Crippen LogP contribution in [0.15, 0.2) is 21.1 Å². The molecule has 0 amide bonds. The van der Waals surface area contributed by atoms with Crippen molar-refractivity contribution < 1.29 is 9.47 Å². The van der Waals surface area contributed by atoms with Gasteiger partial charge < -0.3 is 9.47 Å². The first-order valence-electron chi connectivity index (χ1n) is 6.82. The Hall–Kier alpha value is 0.260. The van der Waals surface area contributed by atoms with Crippen molar-refractivity contribution in [3.8, 4) is 11.5 Å². The molecule has 5 heteroatoms. The quantitative estimate of drug-likeness (QED) is 0.495. The van der Waals surface area contributed by atoms with Crippen molar-refractivity contribution in [3.63, 3.8) is 0 Å². The Labute approximate surface area is 146 Å². The monoisotopic (exact) mass is 468 g/mol. The number of halogens is 3. The molecule has 0 bridgehead atoms. The summed E-state index contributed by atoms with van der Waals surface area (Å²) in [4.78, 5) is 0. The zero-order valence-electron chi connectivity index (χ0n) is 11.6. The van der Waals surface area contributed by atoms with Crippen molar-refractivity contribution in [2.45, 2.75) is 32.1 Å². The molecule has 112 valence electrons. The number of ether oxygens (including phenoxy) is 2. The molecule has 0 atom stereocenters. The second kappa shape index (κ2) is 7.50. The molecule has 1 aliphatic carbocycles. The summed E-state index contributed by atoms with van der Waals surface area (Å²) in [6.45, 7) is 0.760. The lowest BCUT2D eigenvalue weighted by Gasteiger charge is -2.35. The molecule has 0 radical (unpaired) electrons. The van der Waals surface area contributed by atoms with Gasteiger partial charge in [0.25, 0.3) is 0 Å². The maximum atomic E-state index is 6.09. The molecular formula is C15H19Br3O2. The van der Waals surface area contributed by atoms with E-state index in [-0.39, 0.29) is 5.41 Å². The second-order valence-electron chi connectivity index (χ2n) is 5.40. The molecule has 0 heterocycles. The molecule has 0 N–H and O–H groups in total. The molecule has 0 spiro atoms. The average molecular weight is 471 g/mol. The van der Waals surface area contributed by atoms with E-state index in [0.717, 1.165) is 32.4 Å². The van der Waals surface area contributed by atoms with E-state index in [1.165, 1.54) is 32.1 Å². The minimum absolute atomic E-state index is 0.282. The van der Waals surface area contributed by atoms with Crippen LogP contribution in [-0.2, 0) is 0 Å². The largest absolute Gasteiger partial charge is 0.496 e. The van der Waals surface area contributed by atoms with Crippen LogP contribution >= 0.6 is 47.8 Å². The molecule has 1 fully saturated rings. The van der Waals surface area contributed by atoms with Gasteiger partial charge in [0.15, 0.2) is 0 Å². The zero-order chi connectivity index (χ0) is 14.6. The summed E-state index contributed by atoms with van der Waals surface area (Å²) in [7, 11) is 1.66. The van der Waals surface area contributed by atoms with Gasteiger partial charge in [-0.1, -0.05) is 35.2 Å². The molecule has 2 rings (SSSR count). The van der Waals surface area contributed by atoms with Crippen molar-refractivity contribution in [2.75, 3.05) is 19.0 Å². The highest BCUT2D eigenvalue weighted by Gasteiger charge is 2.32. The van der Waals surface area contributed by atoms with Crippen LogP contribution in [-0.4, -0.2) is 19.0 Å². The van der Waals surface area contributed by atoms with Gasteiger partial charge in [0.1, 0.15) is 11.5 Å². The van der Waals surface area contributed by atoms with Gasteiger partial charge in [-0.05, 0) is 56.8 Å². The van der Waals surface area contributed by atoms with Crippen molar-refractivity contribution in [2.24, 2.45) is 5.41 Å². The summed E-state index contributed by atoms with van der Waals surface area (Å²) in [6.07, 6.45) is 6.46. The van der Waals surface area contributed by atoms with Crippen LogP contribution in [0.3, 0.4) is 0 Å². The van der Waals surface area contributed by atoms with E-state index in [1.807, 2.05) is 12.1 Å². The van der Waals surface area contributed by atoms with Gasteiger partial charge in [-0.15, -0.1) is 0 Å². The van der Waals surface area contributed by atoms with Crippen molar-refractivity contribution in [3.05, 3.63) is 21.1 Å². The van der Waals surface area contributed by atoms with Crippen LogP contribution < -0.4 is 9.47 Å². The van der Waals surface area contributed by atoms with Gasteiger partial charge in [-0.25, -0.2) is 0 Å². The first-order valence-corrected chi connectivity index (χ1v) is 9.53. The minimum Gasteiger partial charge on any atom is -0.496 e. The fraction of sp³-hybridized carbons (Fsp3) is 0.600. The standard InChI is InChI=1S/C15H19Br3O2/c1-19-13-7-12(18)14(8-11(13)17)20-10-15(9-16)5-3-2-4-6-15/h7-8H,2-6,9-10H2,1H3. The van der Waals surface area contributed by atoms with Crippen LogP contribution in [0.5, 0.6) is 11.5 Å². The Kier molecular flexibility index (Phi) is 6.24. The molecule has 0 aliphatic heterocycles. The smallest absolute Gasteiger partial charge is 0.134 e. The number of benzene rings is 1. The van der Waals surface area contributed by atoms with Gasteiger partial charge in [-0.2, -0.15) is 0 Å². The maximum absolute atomic E-state index is 6.09. The van der Waals surface area contributed by atoms with E-state index in [2.05, 4.69) is 47.8 Å². The minimum atomic E-state index is 0.282. The summed E-state index contributed by atoms with van der Waals surface area (Å²) in [5.41, 5.74) is 0.282. The van der Waals surface area contributed by atoms with Gasteiger partial charge in [0.05, 0.1) is 22.7 Å². The van der Waals surface area contributed by atoms with E-state index in [9.17, 15) is 0 Å². The van der Waals surface area contributed by atoms with Crippen molar-refractivity contribution >= 4 is 47.8 Å². The lowest BCUT2D eigenvalue weighted by molar-refractivity contribution is 0.121. The zero-order valence-corrected chi connectivity index (χ0v) is 16.3. The molecule has 2 nitrogen and oxygen atoms in total. The topological polar surface area (TPSA) is 18.5 Å². The SMILES string of the molecule is COc1cc(Br)c(OCC2(CBr)CCCCC2)cc1Br. The summed E-state index contributed by atoms with van der Waals surface area (Å²) in [5, 5.41) is 1.01. The molecule has 1 saturated carbocycles. The van der Waals surface area contributed by atoms with Crippen LogP contribution in [0, 0.1) is 5.41 Å². The van der Waals surface area contributed by atoms with Crippen LogP contribution in [0.1, 0.15) is 32.1 Å². The summed E-state index contributed by atoms with van der Waals surface area (Å²) >= 11 is 10.7. The van der Waals surface area contributed by atoms with Crippen LogP contribution in [0.4, 0.5) is 0 Å². The van der Waals surface area contributed by atoms with Gasteiger partial charge in [-0.3, -0.25) is 0 Å². The molecule has 1 aromatic carbocycles. The fourth-order valence-corrected chi connectivity index (χ4v) is 4.27. The highest BCUT2D eigenvalue weighted by Crippen LogP contribution is 2.40. The number of hydrogen-bond donors (Lipinski definition) is 0. The number of rotatable bonds is 5. The van der Waals surface area contributed by atoms with E-state index in [0.29, 0.717) is 0 Å². The molecular weight excluding hydrogens is 452 g/mol. The van der Waals surface area contributed by atoms with Crippen LogP contribution in [0.25, 0.3) is 0 Å². The Morgan fingerprint density at radius 3 is 2.25 bits per heavy atom. The molecule has 20 heavy (non-hydrogen) atoms. The molecule has 0 unspecified atom stereocenters. The summed E-state index contributed by atoms with van der Waals surface area (Å²) < 4.78 is 13.2. The number of hydrogen-bond acceptors (Lipinski definition) is 2. The van der Waals surface area contributed by atoms with E-state index >= 15 is 0 Å². The van der Waals surface area contributed by atoms with E-state index < -0.39 is 0 Å². The lowest BCUT2D eigenvalue weighted by Crippen LogP contribution is -2.32. The molecule has 1 aromatic rings. The maximum Gasteiger partial charge on any atom is 0.134 e. The van der Waals surface area contributed by atoms with Gasteiger partial charge >= 0.3 is 0 Å². The first kappa shape index (κ1) is 16.6. The van der Waals surface area contributed by atoms with Crippen molar-refractivity contribution in [1.82, 2.24) is 0 Å². The highest BCUT2D eigenvalue weighted by molar-refractivity contribution is 9.11. The average Bonchev–Trinajstić information content (AvgIpc) is 2.48. The fourth-order valence-electron chi connectivity index (χ4n) is 2.63. The van der Waals surface area contributed by atoms with E-state index in [4.69, 9.17) is 9.47 Å². The summed E-state index contributed by atoms with van der Waals surface area (Å²) in [6, 6.07) is 3.90. The highest BCUT2D eigenvalue weighted by atomic mass is 79.9.